The molecule has 1 amide bonds. The number of aromatic nitrogens is 2. The van der Waals surface area contributed by atoms with E-state index in [1.54, 1.807) is 19.2 Å². The van der Waals surface area contributed by atoms with Crippen molar-refractivity contribution >= 4 is 29.2 Å². The van der Waals surface area contributed by atoms with Gasteiger partial charge in [-0.1, -0.05) is 0 Å². The Labute approximate surface area is 193 Å². The Morgan fingerprint density at radius 3 is 2.73 bits per heavy atom. The molecule has 33 heavy (non-hydrogen) atoms. The number of carbonyl (C=O) groups is 2. The molecule has 2 aromatic heterocycles. The van der Waals surface area contributed by atoms with Crippen LogP contribution in [0.3, 0.4) is 0 Å². The van der Waals surface area contributed by atoms with Crippen molar-refractivity contribution in [3.8, 4) is 0 Å². The van der Waals surface area contributed by atoms with Crippen LogP contribution >= 0.6 is 0 Å². The quantitative estimate of drug-likeness (QED) is 0.694. The minimum absolute atomic E-state index is 0.0716. The van der Waals surface area contributed by atoms with E-state index in [1.807, 2.05) is 12.3 Å². The Bertz CT molecular complexity index is 1020. The molecule has 0 aliphatic carbocycles. The number of nitrogens with zero attached hydrogens (tertiary/aromatic N) is 5. The summed E-state index contributed by atoms with van der Waals surface area (Å²) in [5, 5.41) is 3.07. The van der Waals surface area contributed by atoms with Crippen LogP contribution in [0.1, 0.15) is 42.1 Å². The second-order valence-electron chi connectivity index (χ2n) is 8.80. The van der Waals surface area contributed by atoms with Gasteiger partial charge in [-0.2, -0.15) is 0 Å². The zero-order valence-corrected chi connectivity index (χ0v) is 19.0. The monoisotopic (exact) mass is 450 g/mol. The number of hydrogen-bond acceptors (Lipinski definition) is 8. The van der Waals surface area contributed by atoms with Crippen LogP contribution in [-0.4, -0.2) is 72.1 Å². The topological polar surface area (TPSA) is 90.9 Å². The van der Waals surface area contributed by atoms with Gasteiger partial charge in [-0.15, -0.1) is 0 Å². The molecule has 174 valence electrons. The van der Waals surface area contributed by atoms with Gasteiger partial charge in [0.15, 0.2) is 5.82 Å². The van der Waals surface area contributed by atoms with Crippen LogP contribution < -0.4 is 15.1 Å². The number of amides is 1. The number of hydrogen-bond donors (Lipinski definition) is 1. The largest absolute Gasteiger partial charge is 0.462 e. The summed E-state index contributed by atoms with van der Waals surface area (Å²) in [7, 11) is 0. The predicted molar refractivity (Wildman–Crippen MR) is 126 cm³/mol. The molecule has 9 heteroatoms. The third kappa shape index (κ3) is 4.50. The van der Waals surface area contributed by atoms with E-state index in [0.717, 1.165) is 81.4 Å². The van der Waals surface area contributed by atoms with Crippen LogP contribution in [0.4, 0.5) is 17.3 Å². The highest BCUT2D eigenvalue weighted by molar-refractivity contribution is 6.02. The molecule has 1 unspecified atom stereocenters. The number of pyridine rings is 2. The number of carbonyl (C=O) groups excluding carboxylic acids is 2. The van der Waals surface area contributed by atoms with E-state index in [0.29, 0.717) is 12.2 Å². The molecule has 3 aliphatic rings. The van der Waals surface area contributed by atoms with Gasteiger partial charge in [0.2, 0.25) is 5.91 Å². The van der Waals surface area contributed by atoms with Crippen molar-refractivity contribution in [2.75, 3.05) is 54.4 Å². The van der Waals surface area contributed by atoms with Crippen molar-refractivity contribution in [2.24, 2.45) is 0 Å². The number of ether oxygens (including phenoxy) is 1. The second kappa shape index (κ2) is 9.35. The summed E-state index contributed by atoms with van der Waals surface area (Å²) < 4.78 is 5.02. The lowest BCUT2D eigenvalue weighted by Crippen LogP contribution is -2.51. The van der Waals surface area contributed by atoms with Crippen molar-refractivity contribution in [1.82, 2.24) is 14.9 Å². The highest BCUT2D eigenvalue weighted by Crippen LogP contribution is 2.34. The number of nitrogens with one attached hydrogen (secondary N) is 1. The Morgan fingerprint density at radius 2 is 1.97 bits per heavy atom. The van der Waals surface area contributed by atoms with E-state index in [-0.39, 0.29) is 17.9 Å². The van der Waals surface area contributed by atoms with Gasteiger partial charge in [0.05, 0.1) is 17.9 Å². The van der Waals surface area contributed by atoms with E-state index in [9.17, 15) is 9.59 Å². The fourth-order valence-corrected chi connectivity index (χ4v) is 4.88. The number of fused-ring (bicyclic) bond motifs is 3. The lowest BCUT2D eigenvalue weighted by atomic mass is 9.99. The number of anilines is 3. The molecule has 0 bridgehead atoms. The van der Waals surface area contributed by atoms with Gasteiger partial charge < -0.3 is 19.9 Å². The molecule has 0 aromatic carbocycles. The Hall–Kier alpha value is -3.20. The minimum atomic E-state index is -0.341. The van der Waals surface area contributed by atoms with Crippen LogP contribution in [-0.2, 0) is 16.1 Å². The highest BCUT2D eigenvalue weighted by Gasteiger charge is 2.35. The van der Waals surface area contributed by atoms with E-state index in [2.05, 4.69) is 31.1 Å². The molecule has 1 N–H and O–H groups in total. The second-order valence-corrected chi connectivity index (χ2v) is 8.80. The molecule has 5 rings (SSSR count). The summed E-state index contributed by atoms with van der Waals surface area (Å²) in [5.41, 5.74) is 2.41. The van der Waals surface area contributed by atoms with E-state index in [4.69, 9.17) is 9.72 Å². The molecule has 2 fully saturated rings. The number of piperazine rings is 1. The lowest BCUT2D eigenvalue weighted by Gasteiger charge is -2.40. The molecule has 1 atom stereocenters. The number of esters is 1. The van der Waals surface area contributed by atoms with E-state index >= 15 is 0 Å². The fraction of sp³-hybridized carbons (Fsp3) is 0.500. The SMILES string of the molecule is CCOC(=O)c1ccc(N2CCN(Cc3cnc4c(c3)NC(=O)C3CCCCN43)CC2)nc1. The van der Waals surface area contributed by atoms with Crippen molar-refractivity contribution in [1.29, 1.82) is 0 Å². The zero-order chi connectivity index (χ0) is 22.8. The predicted octanol–water partition coefficient (Wildman–Crippen LogP) is 2.29. The van der Waals surface area contributed by atoms with Gasteiger partial charge >= 0.3 is 5.97 Å². The standard InChI is InChI=1S/C24H30N6O3/c1-2-33-24(32)18-6-7-21(25-15-18)29-11-9-28(10-12-29)16-17-13-19-22(26-14-17)30-8-4-3-5-20(30)23(31)27-19/h6-7,13-15,20H,2-5,8-12,16H2,1H3,(H,27,31). The summed E-state index contributed by atoms with van der Waals surface area (Å²) in [6.07, 6.45) is 6.64. The molecular formula is C24H30N6O3. The molecule has 0 spiro atoms. The summed E-state index contributed by atoms with van der Waals surface area (Å²) in [4.78, 5) is 40.3. The normalized spacial score (nSPS) is 20.6. The molecule has 2 saturated heterocycles. The molecule has 2 aromatic rings. The molecule has 0 saturated carbocycles. The minimum Gasteiger partial charge on any atom is -0.462 e. The van der Waals surface area contributed by atoms with Gasteiger partial charge in [0.25, 0.3) is 0 Å². The molecule has 9 nitrogen and oxygen atoms in total. The van der Waals surface area contributed by atoms with Gasteiger partial charge in [-0.3, -0.25) is 9.69 Å². The first kappa shape index (κ1) is 21.6. The maximum absolute atomic E-state index is 12.5. The summed E-state index contributed by atoms with van der Waals surface area (Å²) in [6, 6.07) is 5.66. The maximum Gasteiger partial charge on any atom is 0.339 e. The first-order valence-corrected chi connectivity index (χ1v) is 11.8. The van der Waals surface area contributed by atoms with Crippen molar-refractivity contribution in [3.05, 3.63) is 41.7 Å². The highest BCUT2D eigenvalue weighted by atomic mass is 16.5. The average Bonchev–Trinajstić information content (AvgIpc) is 2.85. The van der Waals surface area contributed by atoms with Gasteiger partial charge in [0, 0.05) is 51.7 Å². The van der Waals surface area contributed by atoms with Crippen LogP contribution in [0.15, 0.2) is 30.6 Å². The molecule has 3 aliphatic heterocycles. The lowest BCUT2D eigenvalue weighted by molar-refractivity contribution is -0.118. The Balaban J connectivity index is 1.18. The molecular weight excluding hydrogens is 420 g/mol. The van der Waals surface area contributed by atoms with Crippen molar-refractivity contribution in [3.63, 3.8) is 0 Å². The van der Waals surface area contributed by atoms with Crippen LogP contribution in [0.5, 0.6) is 0 Å². The molecule has 5 heterocycles. The van der Waals surface area contributed by atoms with Crippen LogP contribution in [0, 0.1) is 0 Å². The van der Waals surface area contributed by atoms with E-state index < -0.39 is 0 Å². The first-order chi connectivity index (χ1) is 16.1. The Morgan fingerprint density at radius 1 is 1.12 bits per heavy atom. The smallest absolute Gasteiger partial charge is 0.339 e. The van der Waals surface area contributed by atoms with Crippen molar-refractivity contribution < 1.29 is 14.3 Å². The number of piperidine rings is 1. The third-order valence-corrected chi connectivity index (χ3v) is 6.62. The average molecular weight is 451 g/mol. The van der Waals surface area contributed by atoms with Gasteiger partial charge in [-0.25, -0.2) is 14.8 Å². The summed E-state index contributed by atoms with van der Waals surface area (Å²) in [6.45, 7) is 7.36. The van der Waals surface area contributed by atoms with Gasteiger partial charge in [-0.05, 0) is 49.9 Å². The number of rotatable bonds is 5. The fourth-order valence-electron chi connectivity index (χ4n) is 4.88. The van der Waals surface area contributed by atoms with E-state index in [1.165, 1.54) is 0 Å². The first-order valence-electron chi connectivity index (χ1n) is 11.8. The zero-order valence-electron chi connectivity index (χ0n) is 19.0. The van der Waals surface area contributed by atoms with Crippen LogP contribution in [0.25, 0.3) is 0 Å². The summed E-state index contributed by atoms with van der Waals surface area (Å²) in [5.74, 6) is 1.53. The molecule has 0 radical (unpaired) electrons. The van der Waals surface area contributed by atoms with Crippen LogP contribution in [0.2, 0.25) is 0 Å². The Kier molecular flexibility index (Phi) is 6.13. The third-order valence-electron chi connectivity index (χ3n) is 6.62. The van der Waals surface area contributed by atoms with Crippen molar-refractivity contribution in [2.45, 2.75) is 38.8 Å². The summed E-state index contributed by atoms with van der Waals surface area (Å²) >= 11 is 0. The maximum atomic E-state index is 12.5. The van der Waals surface area contributed by atoms with Gasteiger partial charge in [0.1, 0.15) is 11.9 Å².